The minimum atomic E-state index is -5.14. The summed E-state index contributed by atoms with van der Waals surface area (Å²) in [6, 6.07) is 0. The van der Waals surface area contributed by atoms with E-state index in [1.807, 2.05) is 6.08 Å². The number of aliphatic hydroxyl groups is 5. The second-order valence-corrected chi connectivity index (χ2v) is 19.8. The van der Waals surface area contributed by atoms with Gasteiger partial charge < -0.3 is 39.9 Å². The zero-order chi connectivity index (χ0) is 49.2. The molecule has 6 unspecified atom stereocenters. The summed E-state index contributed by atoms with van der Waals surface area (Å²) in [6.45, 7) is 3.26. The van der Waals surface area contributed by atoms with Crippen LogP contribution >= 0.6 is 7.82 Å². The van der Waals surface area contributed by atoms with E-state index in [9.17, 15) is 44.6 Å². The lowest BCUT2D eigenvalue weighted by atomic mass is 9.85. The normalized spacial score (nSPS) is 21.5. The number of unbranched alkanes of at least 4 members (excludes halogenated alkanes) is 25. The van der Waals surface area contributed by atoms with E-state index in [2.05, 4.69) is 56.4 Å². The van der Waals surface area contributed by atoms with Crippen molar-refractivity contribution in [2.75, 3.05) is 13.2 Å². The fourth-order valence-corrected chi connectivity index (χ4v) is 8.86. The van der Waals surface area contributed by atoms with Crippen LogP contribution in [0.5, 0.6) is 0 Å². The molecule has 0 aromatic carbocycles. The Bertz CT molecular complexity index is 1350. The maximum absolute atomic E-state index is 12.8. The molecule has 0 saturated heterocycles. The lowest BCUT2D eigenvalue weighted by Crippen LogP contribution is -2.64. The highest BCUT2D eigenvalue weighted by Gasteiger charge is 2.51. The number of phosphoric acid groups is 1. The first-order valence-corrected chi connectivity index (χ1v) is 28.0. The fourth-order valence-electron chi connectivity index (χ4n) is 7.89. The average Bonchev–Trinajstić information content (AvgIpc) is 3.31. The summed E-state index contributed by atoms with van der Waals surface area (Å²) in [5.74, 6) is -1.16. The van der Waals surface area contributed by atoms with E-state index < -0.39 is 75.7 Å². The first-order chi connectivity index (χ1) is 32.4. The molecule has 1 rings (SSSR count). The van der Waals surface area contributed by atoms with Gasteiger partial charge in [0.25, 0.3) is 0 Å². The smallest absolute Gasteiger partial charge is 0.462 e. The van der Waals surface area contributed by atoms with Crippen LogP contribution in [0.2, 0.25) is 0 Å². The maximum Gasteiger partial charge on any atom is 0.472 e. The Labute approximate surface area is 405 Å². The van der Waals surface area contributed by atoms with E-state index in [0.717, 1.165) is 57.8 Å². The lowest BCUT2D eigenvalue weighted by Gasteiger charge is -2.41. The molecule has 0 aromatic rings. The Kier molecular flexibility index (Phi) is 40.0. The van der Waals surface area contributed by atoms with Crippen LogP contribution in [0.15, 0.2) is 48.6 Å². The fraction of sp³-hybridized carbons (Fsp3) is 0.811. The molecule has 0 heterocycles. The third-order valence-electron chi connectivity index (χ3n) is 12.1. The molecule has 0 aromatic heterocycles. The molecule has 13 nitrogen and oxygen atoms in total. The number of carbonyl (C=O) groups excluding carboxylic acids is 2. The van der Waals surface area contributed by atoms with E-state index in [0.29, 0.717) is 19.3 Å². The van der Waals surface area contributed by atoms with E-state index in [1.165, 1.54) is 116 Å². The second kappa shape index (κ2) is 42.7. The van der Waals surface area contributed by atoms with Crippen molar-refractivity contribution in [3.05, 3.63) is 48.6 Å². The molecular weight excluding hydrogens is 876 g/mol. The molecule has 1 fully saturated rings. The van der Waals surface area contributed by atoms with Crippen LogP contribution in [0.1, 0.15) is 219 Å². The number of allylic oxidation sites excluding steroid dienone is 8. The lowest BCUT2D eigenvalue weighted by molar-refractivity contribution is -0.220. The van der Waals surface area contributed by atoms with Crippen LogP contribution in [-0.2, 0) is 32.7 Å². The van der Waals surface area contributed by atoms with Crippen LogP contribution in [-0.4, -0.2) is 98.3 Å². The number of ether oxygens (including phenoxy) is 2. The number of esters is 2. The summed E-state index contributed by atoms with van der Waals surface area (Å²) in [5, 5.41) is 50.2. The number of carbonyl (C=O) groups is 2. The van der Waals surface area contributed by atoms with Gasteiger partial charge in [0.15, 0.2) is 6.10 Å². The molecule has 0 bridgehead atoms. The highest BCUT2D eigenvalue weighted by molar-refractivity contribution is 7.47. The van der Waals surface area contributed by atoms with Gasteiger partial charge in [-0.1, -0.05) is 184 Å². The first kappa shape index (κ1) is 62.8. The zero-order valence-electron chi connectivity index (χ0n) is 41.7. The number of rotatable bonds is 44. The topological polar surface area (TPSA) is 210 Å². The van der Waals surface area contributed by atoms with Gasteiger partial charge in [-0.25, -0.2) is 4.57 Å². The van der Waals surface area contributed by atoms with E-state index in [-0.39, 0.29) is 12.8 Å². The molecule has 8 atom stereocenters. The number of hydrogen-bond donors (Lipinski definition) is 6. The summed E-state index contributed by atoms with van der Waals surface area (Å²) < 4.78 is 33.6. The number of aliphatic hydroxyl groups excluding tert-OH is 5. The summed E-state index contributed by atoms with van der Waals surface area (Å²) in [4.78, 5) is 35.8. The van der Waals surface area contributed by atoms with Crippen molar-refractivity contribution in [3.8, 4) is 0 Å². The SMILES string of the molecule is CCCCCC/C=C/C=C/CCCCCCCC(=O)O[C@@H](COC(=O)CCC/C=C/CC/C=C/CCCCCCCCCCCCCCCC)COP(=O)(O)OC1C(O)C(O)C(O)[C@H](O)C1O. The molecule has 1 saturated carbocycles. The second-order valence-electron chi connectivity index (χ2n) is 18.4. The molecule has 14 heteroatoms. The molecular formula is C53H95O13P. The van der Waals surface area contributed by atoms with Gasteiger partial charge in [0.1, 0.15) is 43.2 Å². The monoisotopic (exact) mass is 971 g/mol. The Balaban J connectivity index is 2.40. The van der Waals surface area contributed by atoms with Gasteiger partial charge >= 0.3 is 19.8 Å². The van der Waals surface area contributed by atoms with Crippen LogP contribution in [0.3, 0.4) is 0 Å². The van der Waals surface area contributed by atoms with E-state index in [4.69, 9.17) is 18.5 Å². The molecule has 0 aliphatic heterocycles. The quantitative estimate of drug-likeness (QED) is 0.0111. The third-order valence-corrected chi connectivity index (χ3v) is 13.1. The Morgan fingerprint density at radius 1 is 0.463 bits per heavy atom. The minimum absolute atomic E-state index is 0.0703. The van der Waals surface area contributed by atoms with E-state index >= 15 is 0 Å². The average molecular weight is 971 g/mol. The zero-order valence-corrected chi connectivity index (χ0v) is 42.6. The largest absolute Gasteiger partial charge is 0.472 e. The van der Waals surface area contributed by atoms with Gasteiger partial charge in [0.05, 0.1) is 6.61 Å². The van der Waals surface area contributed by atoms with Gasteiger partial charge in [0, 0.05) is 12.8 Å². The summed E-state index contributed by atoms with van der Waals surface area (Å²) in [5.41, 5.74) is 0. The Morgan fingerprint density at radius 3 is 1.33 bits per heavy atom. The molecule has 390 valence electrons. The van der Waals surface area contributed by atoms with Crippen molar-refractivity contribution in [2.24, 2.45) is 0 Å². The van der Waals surface area contributed by atoms with Crippen molar-refractivity contribution in [2.45, 2.75) is 262 Å². The van der Waals surface area contributed by atoms with E-state index in [1.54, 1.807) is 0 Å². The maximum atomic E-state index is 12.8. The summed E-state index contributed by atoms with van der Waals surface area (Å²) in [7, 11) is -5.14. The highest BCUT2D eigenvalue weighted by Crippen LogP contribution is 2.47. The van der Waals surface area contributed by atoms with Crippen molar-refractivity contribution >= 4 is 19.8 Å². The molecule has 6 N–H and O–H groups in total. The predicted octanol–water partition coefficient (Wildman–Crippen LogP) is 11.5. The van der Waals surface area contributed by atoms with Crippen LogP contribution in [0.25, 0.3) is 0 Å². The molecule has 1 aliphatic carbocycles. The number of hydrogen-bond acceptors (Lipinski definition) is 12. The van der Waals surface area contributed by atoms with Gasteiger partial charge in [-0.3, -0.25) is 18.6 Å². The van der Waals surface area contributed by atoms with Gasteiger partial charge in [0.2, 0.25) is 0 Å². The van der Waals surface area contributed by atoms with Crippen molar-refractivity contribution in [1.82, 2.24) is 0 Å². The minimum Gasteiger partial charge on any atom is -0.462 e. The van der Waals surface area contributed by atoms with Crippen LogP contribution in [0, 0.1) is 0 Å². The van der Waals surface area contributed by atoms with Gasteiger partial charge in [-0.15, -0.1) is 0 Å². The molecule has 0 radical (unpaired) electrons. The van der Waals surface area contributed by atoms with Crippen LogP contribution < -0.4 is 0 Å². The molecule has 0 spiro atoms. The molecule has 1 aliphatic rings. The summed E-state index contributed by atoms with van der Waals surface area (Å²) >= 11 is 0. The molecule has 67 heavy (non-hydrogen) atoms. The predicted molar refractivity (Wildman–Crippen MR) is 267 cm³/mol. The van der Waals surface area contributed by atoms with Crippen molar-refractivity contribution < 1.29 is 63.1 Å². The Morgan fingerprint density at radius 2 is 0.836 bits per heavy atom. The Hall–Kier alpha value is -2.19. The van der Waals surface area contributed by atoms with Crippen molar-refractivity contribution in [3.63, 3.8) is 0 Å². The van der Waals surface area contributed by atoms with Crippen molar-refractivity contribution in [1.29, 1.82) is 0 Å². The summed E-state index contributed by atoms with van der Waals surface area (Å²) in [6.07, 6.45) is 38.9. The molecule has 0 amide bonds. The number of phosphoric ester groups is 1. The highest BCUT2D eigenvalue weighted by atomic mass is 31.2. The van der Waals surface area contributed by atoms with Gasteiger partial charge in [-0.2, -0.15) is 0 Å². The van der Waals surface area contributed by atoms with Gasteiger partial charge in [-0.05, 0) is 70.6 Å². The first-order valence-electron chi connectivity index (χ1n) is 26.5. The third kappa shape index (κ3) is 34.7. The standard InChI is InChI=1S/C53H95O13P/c1-3-5-7-9-11-13-15-17-19-20-21-22-23-24-25-26-28-29-31-33-35-37-39-41-46(54)63-43-45(44-64-67(61,62)66-53-51(59)49(57)48(56)50(58)52(53)60)65-47(55)42-40-38-36-34-32-30-27-18-16-14-12-10-8-6-4-2/h14,16,18,26-28,33,35,45,48-53,56-60H,3-13,15,17,19-25,29-32,34,36-44H2,1-2H3,(H,61,62)/b16-14+,27-18+,28-26+,35-33+/t45-,48?,49-,50?,51?,52?,53?/m0/s1. The van der Waals surface area contributed by atoms with Crippen LogP contribution in [0.4, 0.5) is 0 Å².